The van der Waals surface area contributed by atoms with E-state index in [1.54, 1.807) is 0 Å². The van der Waals surface area contributed by atoms with Gasteiger partial charge in [-0.2, -0.15) is 0 Å². The molecule has 0 aromatic heterocycles. The number of amides is 1. The molecule has 0 radical (unpaired) electrons. The molecule has 1 N–H and O–H groups in total. The molecule has 132 valence electrons. The van der Waals surface area contributed by atoms with Gasteiger partial charge in [0.2, 0.25) is 5.91 Å². The Kier molecular flexibility index (Phi) is 6.48. The Balaban J connectivity index is 1.44. The third-order valence-electron chi connectivity index (χ3n) is 4.38. The van der Waals surface area contributed by atoms with Crippen LogP contribution in [0.15, 0.2) is 59.1 Å². The Morgan fingerprint density at radius 1 is 1.20 bits per heavy atom. The van der Waals surface area contributed by atoms with E-state index in [0.29, 0.717) is 25.7 Å². The Morgan fingerprint density at radius 2 is 2.04 bits per heavy atom. The van der Waals surface area contributed by atoms with Crippen LogP contribution in [0.5, 0.6) is 5.75 Å². The van der Waals surface area contributed by atoms with E-state index in [-0.39, 0.29) is 5.91 Å². The largest absolute Gasteiger partial charge is 0.492 e. The molecule has 1 fully saturated rings. The number of benzene rings is 2. The molecule has 2 aromatic carbocycles. The molecule has 1 aliphatic heterocycles. The van der Waals surface area contributed by atoms with Crippen LogP contribution in [-0.2, 0) is 4.79 Å². The van der Waals surface area contributed by atoms with Crippen LogP contribution in [0.3, 0.4) is 0 Å². The van der Waals surface area contributed by atoms with Crippen molar-refractivity contribution in [3.63, 3.8) is 0 Å². The molecule has 25 heavy (non-hydrogen) atoms. The maximum atomic E-state index is 12.2. The minimum atomic E-state index is 0.0542. The molecule has 1 amide bonds. The lowest BCUT2D eigenvalue weighted by Gasteiger charge is -2.24. The van der Waals surface area contributed by atoms with E-state index in [4.69, 9.17) is 4.74 Å². The van der Waals surface area contributed by atoms with Gasteiger partial charge in [-0.3, -0.25) is 9.69 Å². The van der Waals surface area contributed by atoms with Crippen molar-refractivity contribution in [3.8, 4) is 5.75 Å². The molecular weight excluding hydrogens is 380 g/mol. The highest BCUT2D eigenvalue weighted by Crippen LogP contribution is 2.32. The van der Waals surface area contributed by atoms with E-state index >= 15 is 0 Å². The standard InChI is InChI=1S/C20H23BrN2O2/c21-17-7-4-6-16(14-17)19-10-5-12-23(19)15-20(24)22-11-13-25-18-8-2-1-3-9-18/h1-4,6-9,14,19H,5,10-13,15H2,(H,22,24). The number of ether oxygens (including phenoxy) is 1. The molecule has 1 saturated heterocycles. The highest BCUT2D eigenvalue weighted by Gasteiger charge is 2.27. The Morgan fingerprint density at radius 3 is 2.84 bits per heavy atom. The van der Waals surface area contributed by atoms with Crippen LogP contribution >= 0.6 is 15.9 Å². The zero-order valence-electron chi connectivity index (χ0n) is 14.2. The SMILES string of the molecule is O=C(CN1CCCC1c1cccc(Br)c1)NCCOc1ccccc1. The molecule has 4 nitrogen and oxygen atoms in total. The van der Waals surface area contributed by atoms with Crippen molar-refractivity contribution in [2.45, 2.75) is 18.9 Å². The van der Waals surface area contributed by atoms with Gasteiger partial charge in [0.05, 0.1) is 13.1 Å². The lowest BCUT2D eigenvalue weighted by Crippen LogP contribution is -2.38. The van der Waals surface area contributed by atoms with E-state index < -0.39 is 0 Å². The molecule has 1 heterocycles. The highest BCUT2D eigenvalue weighted by atomic mass is 79.9. The third kappa shape index (κ3) is 5.31. The van der Waals surface area contributed by atoms with Crippen LogP contribution in [0.25, 0.3) is 0 Å². The lowest BCUT2D eigenvalue weighted by atomic mass is 10.0. The minimum absolute atomic E-state index is 0.0542. The summed E-state index contributed by atoms with van der Waals surface area (Å²) < 4.78 is 6.68. The molecule has 2 aromatic rings. The number of hydrogen-bond acceptors (Lipinski definition) is 3. The predicted molar refractivity (Wildman–Crippen MR) is 103 cm³/mol. The average molecular weight is 403 g/mol. The number of nitrogens with one attached hydrogen (secondary N) is 1. The summed E-state index contributed by atoms with van der Waals surface area (Å²) in [6.07, 6.45) is 2.22. The van der Waals surface area contributed by atoms with Crippen LogP contribution in [0.1, 0.15) is 24.4 Å². The number of halogens is 1. The van der Waals surface area contributed by atoms with Crippen molar-refractivity contribution >= 4 is 21.8 Å². The smallest absolute Gasteiger partial charge is 0.234 e. The summed E-state index contributed by atoms with van der Waals surface area (Å²) in [5.41, 5.74) is 1.27. The molecule has 0 saturated carbocycles. The van der Waals surface area contributed by atoms with E-state index in [2.05, 4.69) is 44.3 Å². The molecule has 3 rings (SSSR count). The van der Waals surface area contributed by atoms with Crippen LogP contribution < -0.4 is 10.1 Å². The van der Waals surface area contributed by atoms with Crippen LogP contribution in [0.2, 0.25) is 0 Å². The van der Waals surface area contributed by atoms with Gasteiger partial charge in [-0.05, 0) is 49.2 Å². The molecule has 1 aliphatic rings. The molecular formula is C20H23BrN2O2. The number of rotatable bonds is 7. The molecule has 1 atom stereocenters. The predicted octanol–water partition coefficient (Wildman–Crippen LogP) is 3.78. The molecule has 0 aliphatic carbocycles. The van der Waals surface area contributed by atoms with Crippen molar-refractivity contribution < 1.29 is 9.53 Å². The number of carbonyl (C=O) groups excluding carboxylic acids is 1. The zero-order valence-corrected chi connectivity index (χ0v) is 15.7. The van der Waals surface area contributed by atoms with Gasteiger partial charge >= 0.3 is 0 Å². The first-order valence-corrected chi connectivity index (χ1v) is 9.46. The van der Waals surface area contributed by atoms with Gasteiger partial charge in [-0.1, -0.05) is 46.3 Å². The summed E-state index contributed by atoms with van der Waals surface area (Å²) in [4.78, 5) is 14.5. The number of likely N-dealkylation sites (tertiary alicyclic amines) is 1. The summed E-state index contributed by atoms with van der Waals surface area (Å²) in [6.45, 7) is 2.39. The minimum Gasteiger partial charge on any atom is -0.492 e. The van der Waals surface area contributed by atoms with Crippen molar-refractivity contribution in [1.82, 2.24) is 10.2 Å². The van der Waals surface area contributed by atoms with Crippen molar-refractivity contribution in [1.29, 1.82) is 0 Å². The third-order valence-corrected chi connectivity index (χ3v) is 4.87. The summed E-state index contributed by atoms with van der Waals surface area (Å²) in [6, 6.07) is 18.3. The highest BCUT2D eigenvalue weighted by molar-refractivity contribution is 9.10. The van der Waals surface area contributed by atoms with Gasteiger partial charge < -0.3 is 10.1 Å². The first kappa shape index (κ1) is 18.0. The Bertz CT molecular complexity index is 693. The summed E-state index contributed by atoms with van der Waals surface area (Å²) >= 11 is 3.53. The van der Waals surface area contributed by atoms with Gasteiger partial charge in [-0.25, -0.2) is 0 Å². The Labute approximate surface area is 157 Å². The average Bonchev–Trinajstić information content (AvgIpc) is 3.08. The van der Waals surface area contributed by atoms with Crippen molar-refractivity contribution in [3.05, 3.63) is 64.6 Å². The number of nitrogens with zero attached hydrogens (tertiary/aromatic N) is 1. The van der Waals surface area contributed by atoms with Gasteiger partial charge in [0.25, 0.3) is 0 Å². The second kappa shape index (κ2) is 9.02. The van der Waals surface area contributed by atoms with Gasteiger partial charge in [0.15, 0.2) is 0 Å². The van der Waals surface area contributed by atoms with Gasteiger partial charge in [0, 0.05) is 10.5 Å². The second-order valence-corrected chi connectivity index (χ2v) is 7.11. The monoisotopic (exact) mass is 402 g/mol. The van der Waals surface area contributed by atoms with Crippen LogP contribution in [-0.4, -0.2) is 37.0 Å². The maximum absolute atomic E-state index is 12.2. The quantitative estimate of drug-likeness (QED) is 0.716. The van der Waals surface area contributed by atoms with E-state index in [9.17, 15) is 4.79 Å². The van der Waals surface area contributed by atoms with Crippen LogP contribution in [0.4, 0.5) is 0 Å². The summed E-state index contributed by atoms with van der Waals surface area (Å²) in [5, 5.41) is 2.95. The van der Waals surface area contributed by atoms with Gasteiger partial charge in [-0.15, -0.1) is 0 Å². The fourth-order valence-electron chi connectivity index (χ4n) is 3.22. The first-order chi connectivity index (χ1) is 12.2. The number of carbonyl (C=O) groups is 1. The normalized spacial score (nSPS) is 17.4. The first-order valence-electron chi connectivity index (χ1n) is 8.66. The second-order valence-electron chi connectivity index (χ2n) is 6.19. The van der Waals surface area contributed by atoms with Crippen LogP contribution in [0, 0.1) is 0 Å². The zero-order chi connectivity index (χ0) is 17.5. The fraction of sp³-hybridized carbons (Fsp3) is 0.350. The lowest BCUT2D eigenvalue weighted by molar-refractivity contribution is -0.122. The molecule has 1 unspecified atom stereocenters. The summed E-state index contributed by atoms with van der Waals surface area (Å²) in [7, 11) is 0. The van der Waals surface area contributed by atoms with E-state index in [1.807, 2.05) is 36.4 Å². The maximum Gasteiger partial charge on any atom is 0.234 e. The number of hydrogen-bond donors (Lipinski definition) is 1. The number of para-hydroxylation sites is 1. The molecule has 0 bridgehead atoms. The fourth-order valence-corrected chi connectivity index (χ4v) is 3.64. The van der Waals surface area contributed by atoms with E-state index in [1.165, 1.54) is 5.56 Å². The van der Waals surface area contributed by atoms with Crippen molar-refractivity contribution in [2.75, 3.05) is 26.2 Å². The molecule has 5 heteroatoms. The topological polar surface area (TPSA) is 41.6 Å². The Hall–Kier alpha value is -1.85. The van der Waals surface area contributed by atoms with Crippen molar-refractivity contribution in [2.24, 2.45) is 0 Å². The van der Waals surface area contributed by atoms with Gasteiger partial charge in [0.1, 0.15) is 12.4 Å². The molecule has 0 spiro atoms. The summed E-state index contributed by atoms with van der Waals surface area (Å²) in [5.74, 6) is 0.879. The van der Waals surface area contributed by atoms with E-state index in [0.717, 1.165) is 29.6 Å².